The summed E-state index contributed by atoms with van der Waals surface area (Å²) >= 11 is 0. The van der Waals surface area contributed by atoms with Crippen LogP contribution in [0.15, 0.2) is 35.5 Å². The molecule has 168 valence electrons. The van der Waals surface area contributed by atoms with Crippen molar-refractivity contribution in [1.82, 2.24) is 20.0 Å². The second-order valence-electron chi connectivity index (χ2n) is 7.59. The minimum atomic E-state index is -0.809. The Labute approximate surface area is 181 Å². The van der Waals surface area contributed by atoms with Gasteiger partial charge in [0.25, 0.3) is 0 Å². The van der Waals surface area contributed by atoms with Crippen LogP contribution in [0.1, 0.15) is 31.9 Å². The first-order chi connectivity index (χ1) is 14.8. The molecule has 2 aliphatic rings. The number of nitrogens with one attached hydrogen (secondary N) is 1. The molecule has 0 aliphatic carbocycles. The van der Waals surface area contributed by atoms with Crippen molar-refractivity contribution in [3.05, 3.63) is 46.9 Å². The van der Waals surface area contributed by atoms with Crippen LogP contribution in [0.4, 0.5) is 9.18 Å². The van der Waals surface area contributed by atoms with Gasteiger partial charge >= 0.3 is 12.0 Å². The molecule has 0 spiro atoms. The molecule has 1 atom stereocenters. The van der Waals surface area contributed by atoms with Gasteiger partial charge in [-0.1, -0.05) is 19.1 Å². The molecule has 0 unspecified atom stereocenters. The summed E-state index contributed by atoms with van der Waals surface area (Å²) in [6.45, 7) is 6.53. The van der Waals surface area contributed by atoms with E-state index in [4.69, 9.17) is 4.74 Å². The monoisotopic (exact) mass is 432 g/mol. The van der Waals surface area contributed by atoms with E-state index in [-0.39, 0.29) is 18.5 Å². The van der Waals surface area contributed by atoms with Crippen LogP contribution in [0.25, 0.3) is 0 Å². The fraction of sp³-hybridized carbons (Fsp3) is 0.500. The number of benzene rings is 1. The number of hydrogen-bond acceptors (Lipinski definition) is 5. The predicted molar refractivity (Wildman–Crippen MR) is 112 cm³/mol. The molecule has 31 heavy (non-hydrogen) atoms. The summed E-state index contributed by atoms with van der Waals surface area (Å²) in [5.74, 6) is -0.878. The molecular formula is C22H29FN4O4. The summed E-state index contributed by atoms with van der Waals surface area (Å²) in [5, 5.41) is 2.79. The number of halogens is 1. The van der Waals surface area contributed by atoms with Gasteiger partial charge in [-0.25, -0.2) is 14.0 Å². The van der Waals surface area contributed by atoms with Crippen LogP contribution in [0.5, 0.6) is 0 Å². The maximum absolute atomic E-state index is 13.9. The number of likely N-dealkylation sites (N-methyl/N-ethyl adjacent to an activating group) is 1. The average Bonchev–Trinajstić information content (AvgIpc) is 2.76. The van der Waals surface area contributed by atoms with E-state index in [1.165, 1.54) is 17.0 Å². The largest absolute Gasteiger partial charge is 0.463 e. The second kappa shape index (κ2) is 9.91. The number of ether oxygens (including phenoxy) is 1. The first-order valence-corrected chi connectivity index (χ1v) is 10.6. The van der Waals surface area contributed by atoms with E-state index >= 15 is 0 Å². The van der Waals surface area contributed by atoms with Gasteiger partial charge in [0, 0.05) is 51.9 Å². The molecule has 9 heteroatoms. The molecule has 1 fully saturated rings. The number of carbonyl (C=O) groups excluding carboxylic acids is 3. The Balaban J connectivity index is 1.93. The number of amides is 3. The van der Waals surface area contributed by atoms with Crippen LogP contribution >= 0.6 is 0 Å². The van der Waals surface area contributed by atoms with Gasteiger partial charge in [-0.15, -0.1) is 0 Å². The van der Waals surface area contributed by atoms with E-state index in [0.717, 1.165) is 0 Å². The van der Waals surface area contributed by atoms with E-state index in [1.807, 2.05) is 11.8 Å². The maximum Gasteiger partial charge on any atom is 0.338 e. The lowest BCUT2D eigenvalue weighted by atomic mass is 9.94. The Morgan fingerprint density at radius 3 is 2.52 bits per heavy atom. The van der Waals surface area contributed by atoms with Gasteiger partial charge in [0.1, 0.15) is 5.82 Å². The van der Waals surface area contributed by atoms with Crippen LogP contribution in [0.3, 0.4) is 0 Å². The van der Waals surface area contributed by atoms with Gasteiger partial charge in [-0.3, -0.25) is 14.6 Å². The maximum atomic E-state index is 13.9. The lowest BCUT2D eigenvalue weighted by Gasteiger charge is -2.39. The Hall–Kier alpha value is -2.94. The van der Waals surface area contributed by atoms with Crippen molar-refractivity contribution in [1.29, 1.82) is 0 Å². The highest BCUT2D eigenvalue weighted by atomic mass is 19.1. The summed E-state index contributed by atoms with van der Waals surface area (Å²) in [4.78, 5) is 42.9. The summed E-state index contributed by atoms with van der Waals surface area (Å²) < 4.78 is 19.2. The van der Waals surface area contributed by atoms with Crippen LogP contribution in [-0.4, -0.2) is 79.0 Å². The third-order valence-corrected chi connectivity index (χ3v) is 5.66. The van der Waals surface area contributed by atoms with Crippen LogP contribution in [-0.2, 0) is 14.3 Å². The van der Waals surface area contributed by atoms with Gasteiger partial charge < -0.3 is 15.0 Å². The van der Waals surface area contributed by atoms with Gasteiger partial charge in [-0.2, -0.15) is 0 Å². The molecule has 2 heterocycles. The fourth-order valence-corrected chi connectivity index (χ4v) is 3.93. The smallest absolute Gasteiger partial charge is 0.338 e. The van der Waals surface area contributed by atoms with E-state index in [0.29, 0.717) is 56.0 Å². The third kappa shape index (κ3) is 5.04. The molecule has 3 rings (SSSR count). The predicted octanol–water partition coefficient (Wildman–Crippen LogP) is 1.89. The number of piperazine rings is 1. The lowest BCUT2D eigenvalue weighted by molar-refractivity contribution is -0.139. The molecule has 3 amide bonds. The third-order valence-electron chi connectivity index (χ3n) is 5.66. The zero-order valence-corrected chi connectivity index (χ0v) is 18.2. The van der Waals surface area contributed by atoms with Gasteiger partial charge in [0.05, 0.1) is 18.2 Å². The van der Waals surface area contributed by atoms with Crippen molar-refractivity contribution in [3.8, 4) is 0 Å². The normalized spacial score (nSPS) is 20.0. The molecule has 0 bridgehead atoms. The van der Waals surface area contributed by atoms with E-state index in [2.05, 4.69) is 10.2 Å². The first-order valence-electron chi connectivity index (χ1n) is 10.6. The van der Waals surface area contributed by atoms with Gasteiger partial charge in [-0.05, 0) is 24.6 Å². The number of urea groups is 1. The molecule has 8 nitrogen and oxygen atoms in total. The van der Waals surface area contributed by atoms with E-state index in [1.54, 1.807) is 26.1 Å². The standard InChI is InChI=1S/C22H29FN4O4/c1-4-18(28)27-11-9-26(10-12-27)14-17-19(21(29)31-5-2)20(24-22(30)25(17)3)15-7-6-8-16(23)13-15/h6-8,13,20H,4-5,9-12,14H2,1-3H3,(H,24,30)/t20-/m1/s1. The van der Waals surface area contributed by atoms with Crippen molar-refractivity contribution in [2.24, 2.45) is 0 Å². The SMILES string of the molecule is CCOC(=O)C1=C(CN2CCN(C(=O)CC)CC2)N(C)C(=O)N[C@@H]1c1cccc(F)c1. The first kappa shape index (κ1) is 22.7. The van der Waals surface area contributed by atoms with Crippen LogP contribution < -0.4 is 5.32 Å². The Kier molecular flexibility index (Phi) is 7.27. The average molecular weight is 432 g/mol. The van der Waals surface area contributed by atoms with Gasteiger partial charge in [0.15, 0.2) is 0 Å². The van der Waals surface area contributed by atoms with Crippen LogP contribution in [0, 0.1) is 5.82 Å². The summed E-state index contributed by atoms with van der Waals surface area (Å²) in [6, 6.07) is 4.65. The highest BCUT2D eigenvalue weighted by Gasteiger charge is 2.37. The Morgan fingerprint density at radius 1 is 1.19 bits per heavy atom. The number of carbonyl (C=O) groups is 3. The molecule has 1 aromatic carbocycles. The molecule has 0 saturated carbocycles. The molecule has 0 radical (unpaired) electrons. The Morgan fingerprint density at radius 2 is 1.90 bits per heavy atom. The van der Waals surface area contributed by atoms with E-state index < -0.39 is 17.8 Å². The fourth-order valence-electron chi connectivity index (χ4n) is 3.93. The number of esters is 1. The molecule has 1 N–H and O–H groups in total. The lowest BCUT2D eigenvalue weighted by Crippen LogP contribution is -2.53. The molecule has 1 saturated heterocycles. The zero-order valence-electron chi connectivity index (χ0n) is 18.2. The molecular weight excluding hydrogens is 403 g/mol. The summed E-state index contributed by atoms with van der Waals surface area (Å²) in [6.07, 6.45) is 0.469. The Bertz CT molecular complexity index is 880. The van der Waals surface area contributed by atoms with E-state index in [9.17, 15) is 18.8 Å². The van der Waals surface area contributed by atoms with Crippen molar-refractivity contribution in [2.75, 3.05) is 46.4 Å². The highest BCUT2D eigenvalue weighted by Crippen LogP contribution is 2.31. The van der Waals surface area contributed by atoms with Crippen molar-refractivity contribution in [3.63, 3.8) is 0 Å². The molecule has 1 aromatic rings. The quantitative estimate of drug-likeness (QED) is 0.695. The number of hydrogen-bond donors (Lipinski definition) is 1. The topological polar surface area (TPSA) is 82.2 Å². The minimum absolute atomic E-state index is 0.117. The zero-order chi connectivity index (χ0) is 22.5. The summed E-state index contributed by atoms with van der Waals surface area (Å²) in [5.41, 5.74) is 1.29. The highest BCUT2D eigenvalue weighted by molar-refractivity contribution is 5.95. The second-order valence-corrected chi connectivity index (χ2v) is 7.59. The van der Waals surface area contributed by atoms with Crippen LogP contribution in [0.2, 0.25) is 0 Å². The van der Waals surface area contributed by atoms with Crippen molar-refractivity contribution in [2.45, 2.75) is 26.3 Å². The van der Waals surface area contributed by atoms with Crippen molar-refractivity contribution >= 4 is 17.9 Å². The van der Waals surface area contributed by atoms with Gasteiger partial charge in [0.2, 0.25) is 5.91 Å². The summed E-state index contributed by atoms with van der Waals surface area (Å²) in [7, 11) is 1.60. The van der Waals surface area contributed by atoms with Crippen molar-refractivity contribution < 1.29 is 23.5 Å². The number of rotatable bonds is 6. The molecule has 0 aromatic heterocycles. The number of nitrogens with zero attached hydrogens (tertiary/aromatic N) is 3. The molecule has 2 aliphatic heterocycles. The minimum Gasteiger partial charge on any atom is -0.463 e.